The van der Waals surface area contributed by atoms with Crippen LogP contribution in [0.2, 0.25) is 5.02 Å². The van der Waals surface area contributed by atoms with Gasteiger partial charge in [-0.05, 0) is 50.2 Å². The number of halogens is 1. The third kappa shape index (κ3) is 3.74. The molecule has 1 aromatic heterocycles. The zero-order valence-electron chi connectivity index (χ0n) is 16.3. The Morgan fingerprint density at radius 1 is 1.14 bits per heavy atom. The molecule has 6 heteroatoms. The highest BCUT2D eigenvalue weighted by molar-refractivity contribution is 6.30. The van der Waals surface area contributed by atoms with Crippen LogP contribution in [0.4, 0.5) is 0 Å². The first-order valence-corrected chi connectivity index (χ1v) is 10.2. The summed E-state index contributed by atoms with van der Waals surface area (Å²) in [6, 6.07) is 13.1. The summed E-state index contributed by atoms with van der Waals surface area (Å²) >= 11 is 5.95. The predicted octanol–water partition coefficient (Wildman–Crippen LogP) is 2.79. The summed E-state index contributed by atoms with van der Waals surface area (Å²) in [5.74, 6) is 0.663. The fourth-order valence-corrected chi connectivity index (χ4v) is 4.87. The first kappa shape index (κ1) is 19.2. The second kappa shape index (κ2) is 7.72. The summed E-state index contributed by atoms with van der Waals surface area (Å²) in [5.41, 5.74) is 2.12. The number of carbonyl (C=O) groups is 1. The van der Waals surface area contributed by atoms with Crippen LogP contribution in [0.5, 0.6) is 0 Å². The van der Waals surface area contributed by atoms with Gasteiger partial charge in [-0.15, -0.1) is 0 Å². The smallest absolute Gasteiger partial charge is 0.251 e. The van der Waals surface area contributed by atoms with E-state index in [2.05, 4.69) is 11.0 Å². The standard InChI is InChI=1S/C22H26ClN3O2/c1-24(2)14-20-17-11-16(19-4-3-5-21(27)26(19)20)12-25(13-17)22(28)10-15-6-8-18(23)9-7-15/h3-9,16-17,20H,10-14H2,1-2H3/t16-,17+,20+/m1/s1. The second-order valence-electron chi connectivity index (χ2n) is 8.28. The van der Waals surface area contributed by atoms with Gasteiger partial charge >= 0.3 is 0 Å². The lowest BCUT2D eigenvalue weighted by Gasteiger charge is -2.47. The Bertz CT molecular complexity index is 922. The molecule has 1 amide bonds. The van der Waals surface area contributed by atoms with Crippen molar-refractivity contribution in [1.29, 1.82) is 0 Å². The first-order chi connectivity index (χ1) is 13.4. The third-order valence-corrected chi connectivity index (χ3v) is 6.22. The van der Waals surface area contributed by atoms with Crippen LogP contribution in [0.15, 0.2) is 47.3 Å². The average Bonchev–Trinajstić information content (AvgIpc) is 2.66. The van der Waals surface area contributed by atoms with Crippen molar-refractivity contribution in [2.45, 2.75) is 24.8 Å². The van der Waals surface area contributed by atoms with Gasteiger partial charge in [0.25, 0.3) is 5.56 Å². The van der Waals surface area contributed by atoms with Crippen LogP contribution < -0.4 is 5.56 Å². The molecule has 1 fully saturated rings. The predicted molar refractivity (Wildman–Crippen MR) is 111 cm³/mol. The van der Waals surface area contributed by atoms with Crippen LogP contribution in [0.1, 0.15) is 29.6 Å². The zero-order chi connectivity index (χ0) is 19.8. The van der Waals surface area contributed by atoms with Gasteiger partial charge < -0.3 is 14.4 Å². The van der Waals surface area contributed by atoms with Crippen molar-refractivity contribution >= 4 is 17.5 Å². The SMILES string of the molecule is CN(C)C[C@H]1[C@H]2C[C@H](CN(C(=O)Cc3ccc(Cl)cc3)C2)c2cccc(=O)n21. The lowest BCUT2D eigenvalue weighted by molar-refractivity contribution is -0.133. The van der Waals surface area contributed by atoms with E-state index in [0.717, 1.165) is 24.2 Å². The highest BCUT2D eigenvalue weighted by atomic mass is 35.5. The van der Waals surface area contributed by atoms with Gasteiger partial charge in [-0.3, -0.25) is 9.59 Å². The van der Waals surface area contributed by atoms with Gasteiger partial charge in [-0.1, -0.05) is 29.8 Å². The molecule has 0 saturated carbocycles. The highest BCUT2D eigenvalue weighted by Crippen LogP contribution is 2.41. The lowest BCUT2D eigenvalue weighted by Crippen LogP contribution is -2.53. The monoisotopic (exact) mass is 399 g/mol. The van der Waals surface area contributed by atoms with Crippen molar-refractivity contribution in [1.82, 2.24) is 14.4 Å². The molecule has 2 aliphatic rings. The maximum absolute atomic E-state index is 13.0. The number of rotatable bonds is 4. The molecule has 148 valence electrons. The van der Waals surface area contributed by atoms with E-state index in [0.29, 0.717) is 30.5 Å². The van der Waals surface area contributed by atoms with Gasteiger partial charge in [0.2, 0.25) is 5.91 Å². The quantitative estimate of drug-likeness (QED) is 0.794. The van der Waals surface area contributed by atoms with Crippen LogP contribution >= 0.6 is 11.6 Å². The van der Waals surface area contributed by atoms with Gasteiger partial charge in [0.15, 0.2) is 0 Å². The van der Waals surface area contributed by atoms with Crippen molar-refractivity contribution < 1.29 is 4.79 Å². The molecule has 1 aromatic carbocycles. The van der Waals surface area contributed by atoms with Gasteiger partial charge in [0, 0.05) is 42.3 Å². The van der Waals surface area contributed by atoms with Crippen LogP contribution in [0, 0.1) is 5.92 Å². The van der Waals surface area contributed by atoms with E-state index in [-0.39, 0.29) is 23.4 Å². The molecular weight excluding hydrogens is 374 g/mol. The Hall–Kier alpha value is -2.11. The Labute approximate surface area is 170 Å². The van der Waals surface area contributed by atoms with Crippen molar-refractivity contribution in [3.63, 3.8) is 0 Å². The number of hydrogen-bond donors (Lipinski definition) is 0. The average molecular weight is 400 g/mol. The minimum absolute atomic E-state index is 0.0694. The summed E-state index contributed by atoms with van der Waals surface area (Å²) in [5, 5.41) is 0.678. The Morgan fingerprint density at radius 2 is 1.89 bits per heavy atom. The minimum Gasteiger partial charge on any atom is -0.341 e. The molecule has 4 rings (SSSR count). The molecule has 2 bridgehead atoms. The van der Waals surface area contributed by atoms with Crippen LogP contribution in [-0.4, -0.2) is 54.0 Å². The maximum atomic E-state index is 13.0. The second-order valence-corrected chi connectivity index (χ2v) is 8.72. The number of hydrogen-bond acceptors (Lipinski definition) is 3. The van der Waals surface area contributed by atoms with Crippen LogP contribution in [-0.2, 0) is 11.2 Å². The summed E-state index contributed by atoms with van der Waals surface area (Å²) in [4.78, 5) is 29.8. The van der Waals surface area contributed by atoms with Crippen LogP contribution in [0.3, 0.4) is 0 Å². The number of benzene rings is 1. The zero-order valence-corrected chi connectivity index (χ0v) is 17.1. The minimum atomic E-state index is 0.0694. The molecule has 1 saturated heterocycles. The molecule has 0 radical (unpaired) electrons. The summed E-state index contributed by atoms with van der Waals surface area (Å²) in [6.45, 7) is 2.19. The van der Waals surface area contributed by atoms with E-state index in [9.17, 15) is 9.59 Å². The fraction of sp³-hybridized carbons (Fsp3) is 0.455. The topological polar surface area (TPSA) is 45.6 Å². The molecule has 3 atom stereocenters. The first-order valence-electron chi connectivity index (χ1n) is 9.81. The molecule has 2 aromatic rings. The van der Waals surface area contributed by atoms with Crippen molar-refractivity contribution in [3.05, 3.63) is 69.1 Å². The van der Waals surface area contributed by atoms with E-state index in [1.165, 1.54) is 0 Å². The summed E-state index contributed by atoms with van der Waals surface area (Å²) in [7, 11) is 4.07. The normalized spacial score (nSPS) is 23.6. The van der Waals surface area contributed by atoms with Crippen molar-refractivity contribution in [2.75, 3.05) is 33.7 Å². The van der Waals surface area contributed by atoms with Crippen LogP contribution in [0.25, 0.3) is 0 Å². The van der Waals surface area contributed by atoms with Gasteiger partial charge in [0.05, 0.1) is 12.5 Å². The van der Waals surface area contributed by atoms with E-state index in [1.807, 2.05) is 53.9 Å². The number of likely N-dealkylation sites (tertiary alicyclic amines) is 1. The Morgan fingerprint density at radius 3 is 2.61 bits per heavy atom. The number of carbonyl (C=O) groups excluding carboxylic acids is 1. The number of aromatic nitrogens is 1. The van der Waals surface area contributed by atoms with E-state index in [1.54, 1.807) is 6.07 Å². The van der Waals surface area contributed by atoms with E-state index >= 15 is 0 Å². The molecular formula is C22H26ClN3O2. The van der Waals surface area contributed by atoms with E-state index < -0.39 is 0 Å². The molecule has 3 heterocycles. The number of amides is 1. The molecule has 0 N–H and O–H groups in total. The lowest BCUT2D eigenvalue weighted by atomic mass is 9.78. The van der Waals surface area contributed by atoms with Gasteiger partial charge in [-0.25, -0.2) is 0 Å². The molecule has 0 spiro atoms. The number of likely N-dealkylation sites (N-methyl/N-ethyl adjacent to an activating group) is 1. The van der Waals surface area contributed by atoms with Crippen molar-refractivity contribution in [2.24, 2.45) is 5.92 Å². The third-order valence-electron chi connectivity index (χ3n) is 5.97. The van der Waals surface area contributed by atoms with Crippen molar-refractivity contribution in [3.8, 4) is 0 Å². The van der Waals surface area contributed by atoms with Gasteiger partial charge in [-0.2, -0.15) is 0 Å². The molecule has 2 aliphatic heterocycles. The Kier molecular flexibility index (Phi) is 5.30. The summed E-state index contributed by atoms with van der Waals surface area (Å²) < 4.78 is 1.99. The van der Waals surface area contributed by atoms with Gasteiger partial charge in [0.1, 0.15) is 0 Å². The number of nitrogens with zero attached hydrogens (tertiary/aromatic N) is 3. The maximum Gasteiger partial charge on any atom is 0.251 e. The largest absolute Gasteiger partial charge is 0.341 e. The summed E-state index contributed by atoms with van der Waals surface area (Å²) in [6.07, 6.45) is 1.42. The number of piperidine rings is 1. The Balaban J connectivity index is 1.60. The van der Waals surface area contributed by atoms with E-state index in [4.69, 9.17) is 11.6 Å². The molecule has 0 unspecified atom stereocenters. The molecule has 28 heavy (non-hydrogen) atoms. The number of pyridine rings is 1. The molecule has 5 nitrogen and oxygen atoms in total. The molecule has 0 aliphatic carbocycles. The fourth-order valence-electron chi connectivity index (χ4n) is 4.74. The number of fused-ring (bicyclic) bond motifs is 4. The highest BCUT2D eigenvalue weighted by Gasteiger charge is 2.41.